The van der Waals surface area contributed by atoms with E-state index in [1.54, 1.807) is 7.05 Å². The van der Waals surface area contributed by atoms with Crippen LogP contribution in [0.15, 0.2) is 4.99 Å². The maximum absolute atomic E-state index is 11.8. The first-order valence-electron chi connectivity index (χ1n) is 9.77. The third-order valence-electron chi connectivity index (χ3n) is 4.76. The molecule has 0 amide bonds. The zero-order valence-corrected chi connectivity index (χ0v) is 19.4. The highest BCUT2D eigenvalue weighted by molar-refractivity contribution is 14.0. The summed E-state index contributed by atoms with van der Waals surface area (Å²) in [4.78, 5) is 16.1. The van der Waals surface area contributed by atoms with E-state index in [9.17, 15) is 4.79 Å². The normalized spacial score (nSPS) is 21.7. The quantitative estimate of drug-likeness (QED) is 0.228. The van der Waals surface area contributed by atoms with Crippen LogP contribution in [0.4, 0.5) is 0 Å². The average Bonchev–Trinajstić information content (AvgIpc) is 2.60. The first kappa shape index (κ1) is 25.4. The first-order chi connectivity index (χ1) is 12.0. The van der Waals surface area contributed by atoms with Crippen LogP contribution in [0.3, 0.4) is 0 Å². The summed E-state index contributed by atoms with van der Waals surface area (Å²) in [5.41, 5.74) is 0. The van der Waals surface area contributed by atoms with E-state index in [0.29, 0.717) is 18.6 Å². The van der Waals surface area contributed by atoms with Crippen molar-refractivity contribution >= 4 is 35.9 Å². The molecule has 154 valence electrons. The van der Waals surface area contributed by atoms with Crippen LogP contribution in [0.2, 0.25) is 0 Å². The van der Waals surface area contributed by atoms with Crippen LogP contribution >= 0.6 is 24.0 Å². The smallest absolute Gasteiger partial charge is 0.308 e. The highest BCUT2D eigenvalue weighted by atomic mass is 127. The van der Waals surface area contributed by atoms with Crippen LogP contribution in [0.1, 0.15) is 59.8 Å². The molecule has 1 aliphatic carbocycles. The summed E-state index contributed by atoms with van der Waals surface area (Å²) in [6, 6.07) is 0.365. The Kier molecular flexibility index (Phi) is 14.2. The summed E-state index contributed by atoms with van der Waals surface area (Å²) in [6.45, 7) is 10.3. The third kappa shape index (κ3) is 9.39. The van der Waals surface area contributed by atoms with Gasteiger partial charge in [0.1, 0.15) is 0 Å². The van der Waals surface area contributed by atoms with Gasteiger partial charge in [0.15, 0.2) is 5.96 Å². The van der Waals surface area contributed by atoms with Gasteiger partial charge < -0.3 is 20.1 Å². The zero-order valence-electron chi connectivity index (χ0n) is 17.0. The van der Waals surface area contributed by atoms with Crippen LogP contribution in [0.25, 0.3) is 0 Å². The lowest BCUT2D eigenvalue weighted by atomic mass is 9.86. The molecule has 0 spiro atoms. The van der Waals surface area contributed by atoms with E-state index in [1.165, 1.54) is 0 Å². The Balaban J connectivity index is 0.00000625. The number of carbonyl (C=O) groups excluding carboxylic acids is 1. The maximum atomic E-state index is 11.8. The molecule has 0 saturated heterocycles. The molecule has 7 heteroatoms. The average molecular weight is 483 g/mol. The zero-order chi connectivity index (χ0) is 18.7. The van der Waals surface area contributed by atoms with E-state index in [1.807, 2.05) is 13.8 Å². The van der Waals surface area contributed by atoms with Gasteiger partial charge >= 0.3 is 5.97 Å². The Labute approximate surface area is 176 Å². The minimum Gasteiger partial charge on any atom is -0.466 e. The van der Waals surface area contributed by atoms with Crippen molar-refractivity contribution in [1.29, 1.82) is 0 Å². The monoisotopic (exact) mass is 483 g/mol. The van der Waals surface area contributed by atoms with Gasteiger partial charge in [-0.2, -0.15) is 0 Å². The first-order valence-corrected chi connectivity index (χ1v) is 9.77. The minimum absolute atomic E-state index is 0. The number of nitrogens with one attached hydrogen (secondary N) is 2. The van der Waals surface area contributed by atoms with Crippen molar-refractivity contribution in [1.82, 2.24) is 10.6 Å². The van der Waals surface area contributed by atoms with E-state index < -0.39 is 0 Å². The van der Waals surface area contributed by atoms with Crippen LogP contribution < -0.4 is 10.6 Å². The summed E-state index contributed by atoms with van der Waals surface area (Å²) >= 11 is 0. The van der Waals surface area contributed by atoms with Crippen molar-refractivity contribution in [2.24, 2.45) is 16.8 Å². The molecule has 1 rings (SSSR count). The van der Waals surface area contributed by atoms with E-state index in [2.05, 4.69) is 29.5 Å². The van der Waals surface area contributed by atoms with Gasteiger partial charge in [-0.3, -0.25) is 9.79 Å². The van der Waals surface area contributed by atoms with Crippen molar-refractivity contribution in [3.8, 4) is 0 Å². The molecule has 0 aromatic rings. The molecule has 6 nitrogen and oxygen atoms in total. The highest BCUT2D eigenvalue weighted by Gasteiger charge is 2.27. The van der Waals surface area contributed by atoms with Gasteiger partial charge in [-0.05, 0) is 51.9 Å². The second-order valence-corrected chi connectivity index (χ2v) is 6.97. The third-order valence-corrected chi connectivity index (χ3v) is 4.76. The largest absolute Gasteiger partial charge is 0.466 e. The van der Waals surface area contributed by atoms with Crippen LogP contribution in [-0.2, 0) is 14.3 Å². The van der Waals surface area contributed by atoms with Crippen molar-refractivity contribution in [2.45, 2.75) is 71.9 Å². The fourth-order valence-corrected chi connectivity index (χ4v) is 3.28. The van der Waals surface area contributed by atoms with Crippen LogP contribution in [0, 0.1) is 11.8 Å². The second kappa shape index (κ2) is 14.5. The fraction of sp³-hybridized carbons (Fsp3) is 0.895. The molecular weight excluding hydrogens is 445 g/mol. The molecule has 0 aromatic carbocycles. The Morgan fingerprint density at radius 1 is 1.15 bits per heavy atom. The number of carbonyl (C=O) groups is 1. The van der Waals surface area contributed by atoms with Crippen molar-refractivity contribution < 1.29 is 14.3 Å². The molecule has 2 N–H and O–H groups in total. The summed E-state index contributed by atoms with van der Waals surface area (Å²) in [5, 5.41) is 6.86. The Hall–Kier alpha value is -0.570. The predicted molar refractivity (Wildman–Crippen MR) is 117 cm³/mol. The molecule has 1 saturated carbocycles. The number of hydrogen-bond donors (Lipinski definition) is 2. The van der Waals surface area contributed by atoms with Gasteiger partial charge in [-0.25, -0.2) is 0 Å². The van der Waals surface area contributed by atoms with Gasteiger partial charge in [-0.15, -0.1) is 24.0 Å². The fourth-order valence-electron chi connectivity index (χ4n) is 3.28. The number of rotatable bonds is 9. The number of halogens is 1. The molecule has 0 radical (unpaired) electrons. The number of nitrogens with zero attached hydrogens (tertiary/aromatic N) is 1. The van der Waals surface area contributed by atoms with E-state index in [0.717, 1.165) is 51.2 Å². The molecular formula is C19H38IN3O3. The van der Waals surface area contributed by atoms with Gasteiger partial charge in [0.25, 0.3) is 0 Å². The van der Waals surface area contributed by atoms with E-state index >= 15 is 0 Å². The second-order valence-electron chi connectivity index (χ2n) is 6.97. The molecule has 0 heterocycles. The Bertz CT molecular complexity index is 411. The summed E-state index contributed by atoms with van der Waals surface area (Å²) in [5.74, 6) is 1.36. The van der Waals surface area contributed by atoms with Crippen LogP contribution in [-0.4, -0.2) is 50.9 Å². The van der Waals surface area contributed by atoms with Gasteiger partial charge in [0.2, 0.25) is 0 Å². The standard InChI is InChI=1S/C19H37N3O3.HI/c1-6-24-17(14(3)4)12-13-21-19(20-5)22-16-10-8-15(9-11-16)18(23)25-7-2;/h14-17H,6-13H2,1-5H3,(H2,20,21,22);1H. The Morgan fingerprint density at radius 2 is 1.81 bits per heavy atom. The minimum atomic E-state index is -0.0425. The summed E-state index contributed by atoms with van der Waals surface area (Å²) in [6.07, 6.45) is 4.94. The lowest BCUT2D eigenvalue weighted by Crippen LogP contribution is -2.46. The summed E-state index contributed by atoms with van der Waals surface area (Å²) in [7, 11) is 1.79. The topological polar surface area (TPSA) is 72.0 Å². The number of hydrogen-bond acceptors (Lipinski definition) is 4. The van der Waals surface area contributed by atoms with Gasteiger partial charge in [-0.1, -0.05) is 13.8 Å². The predicted octanol–water partition coefficient (Wildman–Crippen LogP) is 3.34. The lowest BCUT2D eigenvalue weighted by Gasteiger charge is -2.29. The number of ether oxygens (including phenoxy) is 2. The van der Waals surface area contributed by atoms with Gasteiger partial charge in [0.05, 0.1) is 18.6 Å². The highest BCUT2D eigenvalue weighted by Crippen LogP contribution is 2.25. The number of guanidine groups is 1. The Morgan fingerprint density at radius 3 is 2.31 bits per heavy atom. The molecule has 1 unspecified atom stereocenters. The molecule has 0 bridgehead atoms. The molecule has 0 aromatic heterocycles. The van der Waals surface area contributed by atoms with Crippen molar-refractivity contribution in [3.63, 3.8) is 0 Å². The molecule has 1 atom stereocenters. The SMILES string of the molecule is CCOC(=O)C1CCC(NC(=NC)NCCC(OCC)C(C)C)CC1.I. The van der Waals surface area contributed by atoms with Crippen molar-refractivity contribution in [2.75, 3.05) is 26.8 Å². The molecule has 0 aliphatic heterocycles. The van der Waals surface area contributed by atoms with Crippen molar-refractivity contribution in [3.05, 3.63) is 0 Å². The number of esters is 1. The summed E-state index contributed by atoms with van der Waals surface area (Å²) < 4.78 is 10.9. The molecule has 1 aliphatic rings. The number of aliphatic imine (C=N–C) groups is 1. The van der Waals surface area contributed by atoms with E-state index in [4.69, 9.17) is 9.47 Å². The molecule has 26 heavy (non-hydrogen) atoms. The lowest BCUT2D eigenvalue weighted by molar-refractivity contribution is -0.149. The van der Waals surface area contributed by atoms with Crippen LogP contribution in [0.5, 0.6) is 0 Å². The van der Waals surface area contributed by atoms with E-state index in [-0.39, 0.29) is 42.0 Å². The molecule has 1 fully saturated rings. The van der Waals surface area contributed by atoms with Gasteiger partial charge in [0, 0.05) is 26.2 Å². The maximum Gasteiger partial charge on any atom is 0.308 e.